The lowest BCUT2D eigenvalue weighted by molar-refractivity contribution is 0.682. The summed E-state index contributed by atoms with van der Waals surface area (Å²) in [6, 6.07) is 12.1. The van der Waals surface area contributed by atoms with Crippen LogP contribution in [0.1, 0.15) is 16.8 Å². The van der Waals surface area contributed by atoms with Crippen LogP contribution in [0.15, 0.2) is 55.1 Å². The molecule has 0 atom stereocenters. The van der Waals surface area contributed by atoms with Crippen molar-refractivity contribution in [1.29, 1.82) is 5.26 Å². The van der Waals surface area contributed by atoms with Crippen LogP contribution < -0.4 is 5.32 Å². The van der Waals surface area contributed by atoms with Gasteiger partial charge in [-0.3, -0.25) is 4.68 Å². The topological polar surface area (TPSA) is 79.4 Å². The minimum atomic E-state index is 0.298. The van der Waals surface area contributed by atoms with Gasteiger partial charge in [0.25, 0.3) is 0 Å². The Morgan fingerprint density at radius 2 is 1.86 bits per heavy atom. The molecule has 6 heteroatoms. The first-order chi connectivity index (χ1) is 10.9. The van der Waals surface area contributed by atoms with Gasteiger partial charge in [-0.05, 0) is 17.2 Å². The highest BCUT2D eigenvalue weighted by Gasteiger charge is 2.06. The van der Waals surface area contributed by atoms with Gasteiger partial charge >= 0.3 is 0 Å². The third-order valence-corrected chi connectivity index (χ3v) is 3.26. The maximum Gasteiger partial charge on any atom is 0.182 e. The normalized spacial score (nSPS) is 10.1. The molecule has 1 N–H and O–H groups in total. The van der Waals surface area contributed by atoms with Crippen LogP contribution in [-0.4, -0.2) is 19.7 Å². The van der Waals surface area contributed by atoms with Crippen LogP contribution in [0.3, 0.4) is 0 Å². The summed E-state index contributed by atoms with van der Waals surface area (Å²) in [6.07, 6.45) is 6.77. The predicted octanol–water partition coefficient (Wildman–Crippen LogP) is 2.21. The summed E-state index contributed by atoms with van der Waals surface area (Å²) in [5, 5.41) is 16.4. The second kappa shape index (κ2) is 6.50. The molecule has 0 saturated carbocycles. The second-order valence-corrected chi connectivity index (χ2v) is 4.69. The van der Waals surface area contributed by atoms with Crippen LogP contribution in [0.5, 0.6) is 0 Å². The minimum absolute atomic E-state index is 0.298. The summed E-state index contributed by atoms with van der Waals surface area (Å²) in [6.45, 7) is 1.28. The number of aromatic nitrogens is 4. The lowest BCUT2D eigenvalue weighted by Gasteiger charge is -2.11. The standard InChI is InChI=1S/C16H14N6/c17-10-15-16(19-8-7-18-15)20-11-13-4-1-2-5-14(13)12-22-9-3-6-21-22/h1-9H,11-12H2,(H,19,20). The summed E-state index contributed by atoms with van der Waals surface area (Å²) < 4.78 is 1.88. The summed E-state index contributed by atoms with van der Waals surface area (Å²) in [5.41, 5.74) is 2.60. The van der Waals surface area contributed by atoms with Crippen LogP contribution in [0.4, 0.5) is 5.82 Å². The first kappa shape index (κ1) is 13.8. The lowest BCUT2D eigenvalue weighted by Crippen LogP contribution is -2.09. The van der Waals surface area contributed by atoms with E-state index >= 15 is 0 Å². The van der Waals surface area contributed by atoms with Crippen LogP contribution >= 0.6 is 0 Å². The molecule has 0 spiro atoms. The lowest BCUT2D eigenvalue weighted by atomic mass is 10.1. The van der Waals surface area contributed by atoms with E-state index in [9.17, 15) is 0 Å². The smallest absolute Gasteiger partial charge is 0.182 e. The molecule has 0 unspecified atom stereocenters. The number of nitriles is 1. The zero-order valence-electron chi connectivity index (χ0n) is 11.8. The fraction of sp³-hybridized carbons (Fsp3) is 0.125. The van der Waals surface area contributed by atoms with Crippen molar-refractivity contribution in [2.24, 2.45) is 0 Å². The molecule has 0 aliphatic heterocycles. The third-order valence-electron chi connectivity index (χ3n) is 3.26. The van der Waals surface area contributed by atoms with Crippen molar-refractivity contribution in [2.75, 3.05) is 5.32 Å². The Balaban J connectivity index is 1.77. The van der Waals surface area contributed by atoms with E-state index in [2.05, 4.69) is 26.4 Å². The van der Waals surface area contributed by atoms with E-state index in [1.807, 2.05) is 41.2 Å². The molecule has 0 saturated heterocycles. The molecule has 2 aromatic heterocycles. The first-order valence-corrected chi connectivity index (χ1v) is 6.86. The fourth-order valence-corrected chi connectivity index (χ4v) is 2.18. The van der Waals surface area contributed by atoms with Crippen molar-refractivity contribution in [2.45, 2.75) is 13.1 Å². The zero-order valence-corrected chi connectivity index (χ0v) is 11.8. The predicted molar refractivity (Wildman–Crippen MR) is 81.8 cm³/mol. The van der Waals surface area contributed by atoms with E-state index in [0.29, 0.717) is 24.6 Å². The molecule has 1 aromatic carbocycles. The average molecular weight is 290 g/mol. The van der Waals surface area contributed by atoms with E-state index in [1.54, 1.807) is 12.4 Å². The van der Waals surface area contributed by atoms with E-state index in [-0.39, 0.29) is 0 Å². The van der Waals surface area contributed by atoms with Crippen molar-refractivity contribution in [3.8, 4) is 6.07 Å². The number of benzene rings is 1. The summed E-state index contributed by atoms with van der Waals surface area (Å²) in [5.74, 6) is 0.499. The summed E-state index contributed by atoms with van der Waals surface area (Å²) >= 11 is 0. The highest BCUT2D eigenvalue weighted by molar-refractivity contribution is 5.47. The molecule has 0 aliphatic rings. The van der Waals surface area contributed by atoms with Crippen molar-refractivity contribution < 1.29 is 0 Å². The van der Waals surface area contributed by atoms with Gasteiger partial charge in [0.05, 0.1) is 6.54 Å². The van der Waals surface area contributed by atoms with Crippen molar-refractivity contribution >= 4 is 5.82 Å². The van der Waals surface area contributed by atoms with Gasteiger partial charge in [-0.25, -0.2) is 9.97 Å². The molecular formula is C16H14N6. The molecule has 108 valence electrons. The van der Waals surface area contributed by atoms with Gasteiger partial charge in [0.1, 0.15) is 6.07 Å². The second-order valence-electron chi connectivity index (χ2n) is 4.69. The van der Waals surface area contributed by atoms with E-state index in [4.69, 9.17) is 5.26 Å². The molecule has 2 heterocycles. The molecule has 6 nitrogen and oxygen atoms in total. The van der Waals surface area contributed by atoms with Crippen LogP contribution in [0.2, 0.25) is 0 Å². The zero-order chi connectivity index (χ0) is 15.2. The van der Waals surface area contributed by atoms with Gasteiger partial charge in [0, 0.05) is 31.3 Å². The van der Waals surface area contributed by atoms with Gasteiger partial charge in [-0.15, -0.1) is 0 Å². The number of rotatable bonds is 5. The molecule has 22 heavy (non-hydrogen) atoms. The van der Waals surface area contributed by atoms with Crippen LogP contribution in [0.25, 0.3) is 0 Å². The Morgan fingerprint density at radius 3 is 2.64 bits per heavy atom. The van der Waals surface area contributed by atoms with E-state index in [0.717, 1.165) is 5.56 Å². The van der Waals surface area contributed by atoms with Gasteiger partial charge < -0.3 is 5.32 Å². The monoisotopic (exact) mass is 290 g/mol. The van der Waals surface area contributed by atoms with E-state index < -0.39 is 0 Å². The number of nitrogens with zero attached hydrogens (tertiary/aromatic N) is 5. The Morgan fingerprint density at radius 1 is 1.05 bits per heavy atom. The summed E-state index contributed by atoms with van der Waals surface area (Å²) in [7, 11) is 0. The van der Waals surface area contributed by atoms with E-state index in [1.165, 1.54) is 11.8 Å². The molecule has 0 radical (unpaired) electrons. The third kappa shape index (κ3) is 3.10. The maximum atomic E-state index is 9.04. The number of anilines is 1. The Hall–Kier alpha value is -3.20. The highest BCUT2D eigenvalue weighted by Crippen LogP contribution is 2.14. The first-order valence-electron chi connectivity index (χ1n) is 6.86. The highest BCUT2D eigenvalue weighted by atomic mass is 15.3. The van der Waals surface area contributed by atoms with Gasteiger partial charge in [0.15, 0.2) is 11.5 Å². The van der Waals surface area contributed by atoms with Crippen LogP contribution in [-0.2, 0) is 13.1 Å². The van der Waals surface area contributed by atoms with Gasteiger partial charge in [0.2, 0.25) is 0 Å². The van der Waals surface area contributed by atoms with Crippen molar-refractivity contribution in [3.63, 3.8) is 0 Å². The minimum Gasteiger partial charge on any atom is -0.364 e. The largest absolute Gasteiger partial charge is 0.364 e. The quantitative estimate of drug-likeness (QED) is 0.779. The average Bonchev–Trinajstić information content (AvgIpc) is 3.07. The molecule has 3 rings (SSSR count). The molecule has 0 aliphatic carbocycles. The van der Waals surface area contributed by atoms with Gasteiger partial charge in [-0.2, -0.15) is 10.4 Å². The number of nitrogens with one attached hydrogen (secondary N) is 1. The van der Waals surface area contributed by atoms with Crippen molar-refractivity contribution in [1.82, 2.24) is 19.7 Å². The molecule has 3 aromatic rings. The van der Waals surface area contributed by atoms with Crippen molar-refractivity contribution in [3.05, 3.63) is 71.9 Å². The molecule has 0 fully saturated rings. The fourth-order valence-electron chi connectivity index (χ4n) is 2.18. The SMILES string of the molecule is N#Cc1nccnc1NCc1ccccc1Cn1cccn1. The number of hydrogen-bond donors (Lipinski definition) is 1. The molecule has 0 amide bonds. The Bertz CT molecular complexity index is 788. The molecular weight excluding hydrogens is 276 g/mol. The molecule has 0 bridgehead atoms. The number of hydrogen-bond acceptors (Lipinski definition) is 5. The maximum absolute atomic E-state index is 9.04. The van der Waals surface area contributed by atoms with Gasteiger partial charge in [-0.1, -0.05) is 24.3 Å². The Labute approximate surface area is 128 Å². The summed E-state index contributed by atoms with van der Waals surface area (Å²) in [4.78, 5) is 8.15. The Kier molecular flexibility index (Phi) is 4.07. The van der Waals surface area contributed by atoms with Crippen LogP contribution in [0, 0.1) is 11.3 Å².